The van der Waals surface area contributed by atoms with Gasteiger partial charge in [0.05, 0.1) is 18.5 Å². The number of amides is 2. The molecule has 1 aromatic carbocycles. The van der Waals surface area contributed by atoms with Crippen LogP contribution in [0.3, 0.4) is 0 Å². The molecule has 0 aliphatic heterocycles. The minimum Gasteiger partial charge on any atom is -0.495 e. The number of para-hydroxylation sites is 2. The molecule has 0 aliphatic carbocycles. The summed E-state index contributed by atoms with van der Waals surface area (Å²) in [5.41, 5.74) is 6.64. The number of carbonyl (C=O) groups excluding carboxylic acids is 1. The number of anilines is 2. The average molecular weight is 261 g/mol. The average Bonchev–Trinajstić information content (AvgIpc) is 2.87. The number of aryl methyl sites for hydroxylation is 1. The van der Waals surface area contributed by atoms with Gasteiger partial charge in [-0.05, 0) is 18.6 Å². The summed E-state index contributed by atoms with van der Waals surface area (Å²) in [5.74, 6) is 0.512. The lowest BCUT2D eigenvalue weighted by Gasteiger charge is -2.18. The first-order valence-electron chi connectivity index (χ1n) is 5.84. The SMILES string of the molecule is CCc1coc(N(C(N)=O)c2ccccc2OC)n1. The molecule has 6 heteroatoms. The molecule has 0 aliphatic rings. The number of ether oxygens (including phenoxy) is 1. The van der Waals surface area contributed by atoms with Gasteiger partial charge >= 0.3 is 12.0 Å². The van der Waals surface area contributed by atoms with Gasteiger partial charge in [0.1, 0.15) is 12.0 Å². The number of hydrogen-bond acceptors (Lipinski definition) is 4. The van der Waals surface area contributed by atoms with Crippen molar-refractivity contribution in [3.05, 3.63) is 36.2 Å². The first-order chi connectivity index (χ1) is 9.17. The number of primary amides is 1. The van der Waals surface area contributed by atoms with E-state index in [2.05, 4.69) is 4.98 Å². The highest BCUT2D eigenvalue weighted by atomic mass is 16.5. The number of hydrogen-bond donors (Lipinski definition) is 1. The van der Waals surface area contributed by atoms with Crippen molar-refractivity contribution in [2.75, 3.05) is 12.0 Å². The van der Waals surface area contributed by atoms with E-state index in [0.29, 0.717) is 17.9 Å². The predicted octanol–water partition coefficient (Wildman–Crippen LogP) is 2.46. The number of methoxy groups -OCH3 is 1. The van der Waals surface area contributed by atoms with Crippen LogP contribution in [0.25, 0.3) is 0 Å². The molecule has 100 valence electrons. The number of carbonyl (C=O) groups is 1. The zero-order valence-corrected chi connectivity index (χ0v) is 10.8. The maximum atomic E-state index is 11.7. The van der Waals surface area contributed by atoms with Gasteiger partial charge in [-0.2, -0.15) is 4.98 Å². The highest BCUT2D eigenvalue weighted by Gasteiger charge is 2.23. The Bertz CT molecular complexity index is 580. The van der Waals surface area contributed by atoms with E-state index in [9.17, 15) is 4.79 Å². The Morgan fingerprint density at radius 1 is 1.47 bits per heavy atom. The second-order valence-electron chi connectivity index (χ2n) is 3.82. The van der Waals surface area contributed by atoms with E-state index in [1.165, 1.54) is 18.3 Å². The number of nitrogens with zero attached hydrogens (tertiary/aromatic N) is 2. The van der Waals surface area contributed by atoms with E-state index in [4.69, 9.17) is 14.9 Å². The fraction of sp³-hybridized carbons (Fsp3) is 0.231. The Labute approximate surface area is 110 Å². The number of aromatic nitrogens is 1. The summed E-state index contributed by atoms with van der Waals surface area (Å²) in [7, 11) is 1.52. The van der Waals surface area contributed by atoms with Gasteiger partial charge < -0.3 is 14.9 Å². The Kier molecular flexibility index (Phi) is 3.70. The van der Waals surface area contributed by atoms with Crippen LogP contribution in [0.5, 0.6) is 5.75 Å². The summed E-state index contributed by atoms with van der Waals surface area (Å²) in [6.45, 7) is 1.94. The lowest BCUT2D eigenvalue weighted by Crippen LogP contribution is -2.32. The third-order valence-corrected chi connectivity index (χ3v) is 2.64. The van der Waals surface area contributed by atoms with Crippen LogP contribution in [0.4, 0.5) is 16.5 Å². The number of urea groups is 1. The van der Waals surface area contributed by atoms with E-state index in [1.807, 2.05) is 6.92 Å². The molecule has 0 saturated carbocycles. The molecule has 0 bridgehead atoms. The molecule has 0 saturated heterocycles. The maximum Gasteiger partial charge on any atom is 0.327 e. The zero-order chi connectivity index (χ0) is 13.8. The molecular formula is C13H15N3O3. The Morgan fingerprint density at radius 3 is 2.79 bits per heavy atom. The van der Waals surface area contributed by atoms with Gasteiger partial charge in [0.15, 0.2) is 0 Å². The standard InChI is InChI=1S/C13H15N3O3/c1-3-9-8-19-13(15-9)16(12(14)17)10-6-4-5-7-11(10)18-2/h4-8H,3H2,1-2H3,(H2,14,17). The topological polar surface area (TPSA) is 81.6 Å². The van der Waals surface area contributed by atoms with Crippen molar-refractivity contribution in [1.29, 1.82) is 0 Å². The van der Waals surface area contributed by atoms with Crippen LogP contribution in [-0.2, 0) is 6.42 Å². The van der Waals surface area contributed by atoms with Crippen molar-refractivity contribution in [1.82, 2.24) is 4.98 Å². The van der Waals surface area contributed by atoms with E-state index in [-0.39, 0.29) is 6.01 Å². The number of oxazole rings is 1. The molecule has 0 radical (unpaired) electrons. The van der Waals surface area contributed by atoms with Crippen molar-refractivity contribution in [3.8, 4) is 5.75 Å². The van der Waals surface area contributed by atoms with Crippen LogP contribution in [0.2, 0.25) is 0 Å². The van der Waals surface area contributed by atoms with E-state index in [1.54, 1.807) is 24.3 Å². The second-order valence-corrected chi connectivity index (χ2v) is 3.82. The molecule has 0 unspecified atom stereocenters. The largest absolute Gasteiger partial charge is 0.495 e. The highest BCUT2D eigenvalue weighted by molar-refractivity contribution is 5.97. The molecule has 0 fully saturated rings. The molecule has 1 heterocycles. The number of benzene rings is 1. The van der Waals surface area contributed by atoms with Crippen LogP contribution in [0.1, 0.15) is 12.6 Å². The Balaban J connectivity index is 2.48. The van der Waals surface area contributed by atoms with E-state index in [0.717, 1.165) is 5.69 Å². The summed E-state index contributed by atoms with van der Waals surface area (Å²) >= 11 is 0. The van der Waals surface area contributed by atoms with Gasteiger partial charge in [-0.25, -0.2) is 9.69 Å². The van der Waals surface area contributed by atoms with Gasteiger partial charge in [0.2, 0.25) is 0 Å². The first-order valence-corrected chi connectivity index (χ1v) is 5.84. The number of nitrogens with two attached hydrogens (primary N) is 1. The van der Waals surface area contributed by atoms with Crippen molar-refractivity contribution in [2.45, 2.75) is 13.3 Å². The van der Waals surface area contributed by atoms with Crippen LogP contribution < -0.4 is 15.4 Å². The molecule has 1 aromatic heterocycles. The zero-order valence-electron chi connectivity index (χ0n) is 10.8. The van der Waals surface area contributed by atoms with Crippen LogP contribution >= 0.6 is 0 Å². The maximum absolute atomic E-state index is 11.7. The Morgan fingerprint density at radius 2 is 2.21 bits per heavy atom. The van der Waals surface area contributed by atoms with Gasteiger partial charge in [-0.3, -0.25) is 0 Å². The normalized spacial score (nSPS) is 10.2. The molecule has 19 heavy (non-hydrogen) atoms. The van der Waals surface area contributed by atoms with Gasteiger partial charge in [0, 0.05) is 0 Å². The predicted molar refractivity (Wildman–Crippen MR) is 70.6 cm³/mol. The fourth-order valence-electron chi connectivity index (χ4n) is 1.69. The minimum absolute atomic E-state index is 0.133. The molecule has 0 atom stereocenters. The molecule has 0 spiro atoms. The Hall–Kier alpha value is -2.50. The molecular weight excluding hydrogens is 246 g/mol. The fourth-order valence-corrected chi connectivity index (χ4v) is 1.69. The third-order valence-electron chi connectivity index (χ3n) is 2.64. The summed E-state index contributed by atoms with van der Waals surface area (Å²) in [4.78, 5) is 17.0. The molecule has 2 rings (SSSR count). The molecule has 2 amide bonds. The molecule has 2 N–H and O–H groups in total. The van der Waals surface area contributed by atoms with Gasteiger partial charge in [-0.15, -0.1) is 0 Å². The minimum atomic E-state index is -0.686. The van der Waals surface area contributed by atoms with Crippen molar-refractivity contribution < 1.29 is 13.9 Å². The summed E-state index contributed by atoms with van der Waals surface area (Å²) < 4.78 is 10.5. The van der Waals surface area contributed by atoms with Crippen molar-refractivity contribution in [2.24, 2.45) is 5.73 Å². The lowest BCUT2D eigenvalue weighted by molar-refractivity contribution is 0.254. The second kappa shape index (κ2) is 5.43. The van der Waals surface area contributed by atoms with Gasteiger partial charge in [0.25, 0.3) is 0 Å². The summed E-state index contributed by atoms with van der Waals surface area (Å²) in [5, 5.41) is 0. The van der Waals surface area contributed by atoms with Crippen LogP contribution in [0, 0.1) is 0 Å². The smallest absolute Gasteiger partial charge is 0.327 e. The van der Waals surface area contributed by atoms with E-state index >= 15 is 0 Å². The van der Waals surface area contributed by atoms with Crippen molar-refractivity contribution >= 4 is 17.7 Å². The summed E-state index contributed by atoms with van der Waals surface area (Å²) in [6, 6.07) is 6.46. The molecule has 6 nitrogen and oxygen atoms in total. The van der Waals surface area contributed by atoms with Crippen molar-refractivity contribution in [3.63, 3.8) is 0 Å². The molecule has 2 aromatic rings. The third kappa shape index (κ3) is 2.52. The van der Waals surface area contributed by atoms with Gasteiger partial charge in [-0.1, -0.05) is 19.1 Å². The lowest BCUT2D eigenvalue weighted by atomic mass is 10.2. The first kappa shape index (κ1) is 12.9. The van der Waals surface area contributed by atoms with Crippen LogP contribution in [-0.4, -0.2) is 18.1 Å². The van der Waals surface area contributed by atoms with Crippen LogP contribution in [0.15, 0.2) is 34.9 Å². The number of rotatable bonds is 4. The highest BCUT2D eigenvalue weighted by Crippen LogP contribution is 2.32. The monoisotopic (exact) mass is 261 g/mol. The summed E-state index contributed by atoms with van der Waals surface area (Å²) in [6.07, 6.45) is 2.21. The quantitative estimate of drug-likeness (QED) is 0.916. The van der Waals surface area contributed by atoms with E-state index < -0.39 is 6.03 Å².